The summed E-state index contributed by atoms with van der Waals surface area (Å²) in [6.45, 7) is 19.3. The summed E-state index contributed by atoms with van der Waals surface area (Å²) >= 11 is 0. The highest BCUT2D eigenvalue weighted by Gasteiger charge is 2.21. The molecule has 0 amide bonds. The van der Waals surface area contributed by atoms with E-state index in [1.165, 1.54) is 71.4 Å². The Bertz CT molecular complexity index is 1680. The summed E-state index contributed by atoms with van der Waals surface area (Å²) in [5, 5.41) is 6.45. The second-order valence-electron chi connectivity index (χ2n) is 10.0. The van der Waals surface area contributed by atoms with Crippen LogP contribution >= 0.6 is 0 Å². The molecule has 0 radical (unpaired) electrons. The monoisotopic (exact) mass is 495 g/mol. The Labute approximate surface area is 217 Å². The van der Waals surface area contributed by atoms with Crippen molar-refractivity contribution < 1.29 is 0 Å². The minimum Gasteiger partial charge on any atom is -0.372 e. The van der Waals surface area contributed by atoms with Gasteiger partial charge in [0.05, 0.1) is 33.1 Å². The first kappa shape index (κ1) is 23.7. The van der Waals surface area contributed by atoms with Crippen molar-refractivity contribution in [2.75, 3.05) is 49.1 Å². The zero-order valence-electron chi connectivity index (χ0n) is 23.0. The first-order valence-corrected chi connectivity index (χ1v) is 14.0. The summed E-state index contributed by atoms with van der Waals surface area (Å²) < 4.78 is 2.42. The average molecular weight is 496 g/mol. The molecule has 6 aromatic rings. The Morgan fingerprint density at radius 1 is 0.486 bits per heavy atom. The van der Waals surface area contributed by atoms with E-state index in [0.29, 0.717) is 0 Å². The van der Waals surface area contributed by atoms with Gasteiger partial charge >= 0.3 is 0 Å². The van der Waals surface area contributed by atoms with Crippen LogP contribution in [0.2, 0.25) is 0 Å². The van der Waals surface area contributed by atoms with Crippen molar-refractivity contribution in [3.63, 3.8) is 0 Å². The maximum Gasteiger partial charge on any atom is 0.204 e. The average Bonchev–Trinajstić information content (AvgIpc) is 2.90. The van der Waals surface area contributed by atoms with Gasteiger partial charge in [0.1, 0.15) is 13.1 Å². The Hall–Kier alpha value is -3.67. The largest absolute Gasteiger partial charge is 0.372 e. The third kappa shape index (κ3) is 3.49. The third-order valence-corrected chi connectivity index (χ3v) is 8.31. The highest BCUT2D eigenvalue weighted by Crippen LogP contribution is 2.42. The van der Waals surface area contributed by atoms with Crippen LogP contribution in [0.1, 0.15) is 41.5 Å². The molecule has 192 valence electrons. The van der Waals surface area contributed by atoms with E-state index in [1.54, 1.807) is 0 Å². The van der Waals surface area contributed by atoms with Crippen molar-refractivity contribution in [3.8, 4) is 0 Å². The minimum atomic E-state index is 0.981. The number of benzene rings is 3. The predicted octanol–water partition coefficient (Wildman–Crippen LogP) is 6.38. The predicted molar refractivity (Wildman–Crippen MR) is 162 cm³/mol. The molecule has 0 unspecified atom stereocenters. The van der Waals surface area contributed by atoms with E-state index in [9.17, 15) is 0 Å². The van der Waals surface area contributed by atoms with E-state index >= 15 is 0 Å². The highest BCUT2D eigenvalue weighted by molar-refractivity contribution is 6.34. The van der Waals surface area contributed by atoms with Crippen LogP contribution in [0.5, 0.6) is 0 Å². The third-order valence-electron chi connectivity index (χ3n) is 8.31. The molecule has 0 aliphatic heterocycles. The number of hydrogen-bond donors (Lipinski definition) is 3. The van der Waals surface area contributed by atoms with Crippen LogP contribution in [0.15, 0.2) is 36.4 Å². The number of H-pyrrole nitrogens is 3. The van der Waals surface area contributed by atoms with Gasteiger partial charge in [0.15, 0.2) is 0 Å². The van der Waals surface area contributed by atoms with Crippen molar-refractivity contribution in [2.24, 2.45) is 0 Å². The molecule has 6 rings (SSSR count). The van der Waals surface area contributed by atoms with Gasteiger partial charge in [-0.1, -0.05) is 0 Å². The van der Waals surface area contributed by atoms with Crippen molar-refractivity contribution >= 4 is 66.0 Å². The SMILES string of the molecule is CCN(CC)c1cc2[nH]c3cc(N(CC)CC)cc4[nH]c5cc(=[N+](CC)CC)cc6[nH]c(c1)c2c(c34)c65. The van der Waals surface area contributed by atoms with Crippen molar-refractivity contribution in [1.29, 1.82) is 0 Å². The number of pyridine rings is 3. The van der Waals surface area contributed by atoms with Crippen LogP contribution in [0.4, 0.5) is 11.4 Å². The Morgan fingerprint density at radius 3 is 1.11 bits per heavy atom. The summed E-state index contributed by atoms with van der Waals surface area (Å²) in [5.41, 5.74) is 9.60. The molecule has 3 N–H and O–H groups in total. The molecule has 6 heteroatoms. The fraction of sp³-hybridized carbons (Fsp3) is 0.387. The van der Waals surface area contributed by atoms with E-state index in [2.05, 4.69) is 107 Å². The Morgan fingerprint density at radius 2 is 0.811 bits per heavy atom. The lowest BCUT2D eigenvalue weighted by atomic mass is 9.95. The van der Waals surface area contributed by atoms with Gasteiger partial charge in [0.25, 0.3) is 0 Å². The standard InChI is InChI=1S/C31H38N6/c1-7-35(8-2)19-13-22-28-23(14-19)33-25-16-21(37(11-5)12-6)18-27-30(25)31(28)29-24(32-22)15-20(17-26(29)34-27)36(9-3)10-4/h13-18H,7-12H2,1-6H3,(H2,32,33,34)/p+1. The fourth-order valence-corrected chi connectivity index (χ4v) is 6.40. The number of rotatable bonds is 8. The van der Waals surface area contributed by atoms with Crippen LogP contribution < -0.4 is 19.7 Å². The van der Waals surface area contributed by atoms with Crippen LogP contribution in [-0.4, -0.2) is 54.2 Å². The summed E-state index contributed by atoms with van der Waals surface area (Å²) in [6, 6.07) is 14.0. The minimum absolute atomic E-state index is 0.981. The normalized spacial score (nSPS) is 12.2. The summed E-state index contributed by atoms with van der Waals surface area (Å²) in [4.78, 5) is 16.4. The zero-order chi connectivity index (χ0) is 25.8. The molecular weight excluding hydrogens is 456 g/mol. The molecule has 0 saturated carbocycles. The lowest BCUT2D eigenvalue weighted by Gasteiger charge is -2.25. The summed E-state index contributed by atoms with van der Waals surface area (Å²) in [7, 11) is 0. The highest BCUT2D eigenvalue weighted by atomic mass is 15.1. The molecule has 6 nitrogen and oxygen atoms in total. The molecule has 0 aliphatic carbocycles. The smallest absolute Gasteiger partial charge is 0.204 e. The van der Waals surface area contributed by atoms with E-state index in [-0.39, 0.29) is 0 Å². The maximum atomic E-state index is 3.85. The summed E-state index contributed by atoms with van der Waals surface area (Å²) in [5.74, 6) is 0. The van der Waals surface area contributed by atoms with Gasteiger partial charge in [-0.25, -0.2) is 4.58 Å². The number of aromatic amines is 3. The Kier molecular flexibility index (Phi) is 5.78. The van der Waals surface area contributed by atoms with Gasteiger partial charge in [-0.2, -0.15) is 0 Å². The van der Waals surface area contributed by atoms with Crippen molar-refractivity contribution in [2.45, 2.75) is 41.5 Å². The second kappa shape index (κ2) is 9.02. The second-order valence-corrected chi connectivity index (χ2v) is 10.0. The van der Waals surface area contributed by atoms with Gasteiger partial charge in [-0.05, 0) is 65.8 Å². The molecule has 3 aromatic carbocycles. The lowest BCUT2D eigenvalue weighted by molar-refractivity contribution is 0.627. The van der Waals surface area contributed by atoms with Crippen LogP contribution in [0, 0.1) is 0 Å². The van der Waals surface area contributed by atoms with E-state index in [1.807, 2.05) is 0 Å². The topological polar surface area (TPSA) is 56.9 Å². The molecule has 0 aliphatic rings. The van der Waals surface area contributed by atoms with Crippen LogP contribution in [0.25, 0.3) is 54.6 Å². The van der Waals surface area contributed by atoms with E-state index in [0.717, 1.165) is 39.3 Å². The Balaban J connectivity index is 1.86. The van der Waals surface area contributed by atoms with Gasteiger partial charge in [-0.3, -0.25) is 0 Å². The zero-order valence-corrected chi connectivity index (χ0v) is 23.0. The van der Waals surface area contributed by atoms with Gasteiger partial charge in [-0.15, -0.1) is 0 Å². The van der Waals surface area contributed by atoms with Crippen LogP contribution in [-0.2, 0) is 0 Å². The van der Waals surface area contributed by atoms with Gasteiger partial charge in [0, 0.05) is 71.2 Å². The molecule has 37 heavy (non-hydrogen) atoms. The number of nitrogens with zero attached hydrogens (tertiary/aromatic N) is 3. The number of aromatic nitrogens is 3. The van der Waals surface area contributed by atoms with Crippen molar-refractivity contribution in [3.05, 3.63) is 41.8 Å². The molecule has 0 bridgehead atoms. The molecular formula is C31H39N6+. The van der Waals surface area contributed by atoms with Crippen LogP contribution in [0.3, 0.4) is 0 Å². The van der Waals surface area contributed by atoms with E-state index < -0.39 is 0 Å². The molecule has 0 fully saturated rings. The molecule has 3 heterocycles. The number of hydrogen-bond acceptors (Lipinski definition) is 2. The molecule has 0 spiro atoms. The van der Waals surface area contributed by atoms with Gasteiger partial charge < -0.3 is 24.8 Å². The first-order chi connectivity index (χ1) is 18.0. The fourth-order valence-electron chi connectivity index (χ4n) is 6.40. The van der Waals surface area contributed by atoms with E-state index in [4.69, 9.17) is 0 Å². The quantitative estimate of drug-likeness (QED) is 0.130. The molecule has 0 saturated heterocycles. The lowest BCUT2D eigenvalue weighted by Crippen LogP contribution is -2.29. The van der Waals surface area contributed by atoms with Gasteiger partial charge in [0.2, 0.25) is 5.36 Å². The summed E-state index contributed by atoms with van der Waals surface area (Å²) in [6.07, 6.45) is 0. The first-order valence-electron chi connectivity index (χ1n) is 14.0. The maximum absolute atomic E-state index is 3.85. The number of nitrogens with one attached hydrogen (secondary N) is 3. The van der Waals surface area contributed by atoms with Crippen molar-refractivity contribution in [1.82, 2.24) is 19.5 Å². The molecule has 0 atom stereocenters. The molecule has 3 aromatic heterocycles. The number of anilines is 2.